The molecule has 1 atom stereocenters. The second-order valence-corrected chi connectivity index (χ2v) is 6.03. The lowest BCUT2D eigenvalue weighted by atomic mass is 10.2. The van der Waals surface area contributed by atoms with Crippen molar-refractivity contribution < 1.29 is 23.8 Å². The molecule has 1 amide bonds. The lowest BCUT2D eigenvalue weighted by Crippen LogP contribution is -2.51. The molecule has 0 aromatic carbocycles. The van der Waals surface area contributed by atoms with Gasteiger partial charge in [-0.3, -0.25) is 4.79 Å². The maximum Gasteiger partial charge on any atom is 0.415 e. The van der Waals surface area contributed by atoms with Crippen molar-refractivity contribution in [3.05, 3.63) is 0 Å². The van der Waals surface area contributed by atoms with Crippen LogP contribution in [0, 0.1) is 0 Å². The molecule has 0 aromatic heterocycles. The smallest absolute Gasteiger partial charge is 0.415 e. The Bertz CT molecular complexity index is 364. The molecule has 0 spiro atoms. The van der Waals surface area contributed by atoms with Gasteiger partial charge in [0.25, 0.3) is 0 Å². The summed E-state index contributed by atoms with van der Waals surface area (Å²) in [5.41, 5.74) is -1.52. The Kier molecular flexibility index (Phi) is 4.73. The molecule has 1 aliphatic heterocycles. The van der Waals surface area contributed by atoms with Crippen LogP contribution in [0.15, 0.2) is 0 Å². The Morgan fingerprint density at radius 2 is 2.00 bits per heavy atom. The predicted molar refractivity (Wildman–Crippen MR) is 71.8 cm³/mol. The predicted octanol–water partition coefficient (Wildman–Crippen LogP) is 1.79. The van der Waals surface area contributed by atoms with E-state index in [9.17, 15) is 9.59 Å². The maximum atomic E-state index is 12.2. The summed E-state index contributed by atoms with van der Waals surface area (Å²) in [6, 6.07) is 0. The Morgan fingerprint density at radius 3 is 2.47 bits per heavy atom. The van der Waals surface area contributed by atoms with Crippen LogP contribution in [0.5, 0.6) is 0 Å². The molecule has 110 valence electrons. The van der Waals surface area contributed by atoms with Gasteiger partial charge in [-0.2, -0.15) is 12.6 Å². The van der Waals surface area contributed by atoms with E-state index >= 15 is 0 Å². The highest BCUT2D eigenvalue weighted by Crippen LogP contribution is 2.29. The molecule has 0 N–H and O–H groups in total. The number of amides is 1. The lowest BCUT2D eigenvalue weighted by molar-refractivity contribution is -0.153. The third kappa shape index (κ3) is 4.28. The van der Waals surface area contributed by atoms with E-state index in [2.05, 4.69) is 12.6 Å². The van der Waals surface area contributed by atoms with Gasteiger partial charge in [0.15, 0.2) is 0 Å². The van der Waals surface area contributed by atoms with Gasteiger partial charge in [0.1, 0.15) is 17.9 Å². The van der Waals surface area contributed by atoms with E-state index in [0.29, 0.717) is 0 Å². The minimum Gasteiger partial charge on any atom is -0.444 e. The summed E-state index contributed by atoms with van der Waals surface area (Å²) in [5.74, 6) is -0.567. The summed E-state index contributed by atoms with van der Waals surface area (Å²) in [5, 5.41) is 0. The van der Waals surface area contributed by atoms with Crippen molar-refractivity contribution in [3.8, 4) is 0 Å². The van der Waals surface area contributed by atoms with Crippen LogP contribution in [-0.4, -0.2) is 46.9 Å². The van der Waals surface area contributed by atoms with Crippen LogP contribution in [0.25, 0.3) is 0 Å². The monoisotopic (exact) mass is 291 g/mol. The maximum absolute atomic E-state index is 12.2. The van der Waals surface area contributed by atoms with Gasteiger partial charge in [0.05, 0.1) is 5.75 Å². The van der Waals surface area contributed by atoms with Crippen LogP contribution in [0.2, 0.25) is 0 Å². The van der Waals surface area contributed by atoms with E-state index < -0.39 is 29.6 Å². The number of rotatable bonds is 2. The first-order chi connectivity index (χ1) is 8.57. The number of hydrogen-bond donors (Lipinski definition) is 1. The highest BCUT2D eigenvalue weighted by Gasteiger charge is 2.47. The molecule has 6 nitrogen and oxygen atoms in total. The van der Waals surface area contributed by atoms with Crippen molar-refractivity contribution in [2.24, 2.45) is 0 Å². The molecule has 1 saturated heterocycles. The number of hydrogen-bond acceptors (Lipinski definition) is 6. The molecule has 7 heteroatoms. The minimum atomic E-state index is -0.885. The quantitative estimate of drug-likeness (QED) is 0.620. The number of thiol groups is 1. The Balaban J connectivity index is 2.84. The number of ether oxygens (including phenoxy) is 3. The van der Waals surface area contributed by atoms with Gasteiger partial charge >= 0.3 is 12.1 Å². The highest BCUT2D eigenvalue weighted by molar-refractivity contribution is 7.81. The zero-order valence-electron chi connectivity index (χ0n) is 11.9. The summed E-state index contributed by atoms with van der Waals surface area (Å²) in [7, 11) is 0. The number of esters is 1. The van der Waals surface area contributed by atoms with Crippen molar-refractivity contribution in [2.75, 3.05) is 12.4 Å². The zero-order valence-corrected chi connectivity index (χ0v) is 12.8. The zero-order chi connectivity index (χ0) is 14.8. The molecule has 0 aromatic rings. The van der Waals surface area contributed by atoms with E-state index in [0.717, 1.165) is 0 Å². The summed E-state index contributed by atoms with van der Waals surface area (Å²) >= 11 is 3.83. The lowest BCUT2D eigenvalue weighted by Gasteiger charge is -2.34. The SMILES string of the molecule is CC(C)(C)OC(=O)N1C(OC(=O)CS)COC1(C)C. The second-order valence-electron chi connectivity index (χ2n) is 5.71. The summed E-state index contributed by atoms with van der Waals surface area (Å²) in [4.78, 5) is 24.8. The fourth-order valence-corrected chi connectivity index (χ4v) is 1.76. The Hall–Kier alpha value is -0.950. The topological polar surface area (TPSA) is 65.1 Å². The third-order valence-electron chi connectivity index (χ3n) is 2.43. The molecule has 19 heavy (non-hydrogen) atoms. The van der Waals surface area contributed by atoms with Crippen molar-refractivity contribution in [1.29, 1.82) is 0 Å². The fourth-order valence-electron chi connectivity index (χ4n) is 1.69. The van der Waals surface area contributed by atoms with E-state index in [4.69, 9.17) is 14.2 Å². The van der Waals surface area contributed by atoms with Crippen molar-refractivity contribution in [3.63, 3.8) is 0 Å². The molecule has 1 heterocycles. The normalized spacial score (nSPS) is 22.2. The van der Waals surface area contributed by atoms with E-state index in [1.807, 2.05) is 0 Å². The van der Waals surface area contributed by atoms with Crippen molar-refractivity contribution >= 4 is 24.7 Å². The van der Waals surface area contributed by atoms with Crippen molar-refractivity contribution in [1.82, 2.24) is 4.90 Å². The van der Waals surface area contributed by atoms with Crippen LogP contribution in [-0.2, 0) is 19.0 Å². The largest absolute Gasteiger partial charge is 0.444 e. The number of nitrogens with zero attached hydrogens (tertiary/aromatic N) is 1. The van der Waals surface area contributed by atoms with Crippen LogP contribution < -0.4 is 0 Å². The van der Waals surface area contributed by atoms with Gasteiger partial charge in [0, 0.05) is 0 Å². The van der Waals surface area contributed by atoms with E-state index in [-0.39, 0.29) is 12.4 Å². The Labute approximate surface area is 118 Å². The van der Waals surface area contributed by atoms with Gasteiger partial charge in [-0.1, -0.05) is 0 Å². The van der Waals surface area contributed by atoms with Gasteiger partial charge < -0.3 is 14.2 Å². The van der Waals surface area contributed by atoms with Gasteiger partial charge in [-0.05, 0) is 34.6 Å². The average molecular weight is 291 g/mol. The summed E-state index contributed by atoms with van der Waals surface area (Å²) < 4.78 is 15.9. The molecular formula is C12H21NO5S. The van der Waals surface area contributed by atoms with Crippen LogP contribution in [0.1, 0.15) is 34.6 Å². The molecule has 1 fully saturated rings. The van der Waals surface area contributed by atoms with Gasteiger partial charge in [-0.15, -0.1) is 0 Å². The summed E-state index contributed by atoms with van der Waals surface area (Å²) in [6.45, 7) is 8.85. The van der Waals surface area contributed by atoms with E-state index in [1.165, 1.54) is 4.90 Å². The van der Waals surface area contributed by atoms with Crippen molar-refractivity contribution in [2.45, 2.75) is 52.2 Å². The summed E-state index contributed by atoms with van der Waals surface area (Å²) in [6.07, 6.45) is -1.36. The standard InChI is InChI=1S/C12H21NO5S/c1-11(2,3)18-10(15)13-8(17-9(14)7-19)6-16-12(13,4)5/h8,19H,6-7H2,1-5H3. The van der Waals surface area contributed by atoms with E-state index in [1.54, 1.807) is 34.6 Å². The van der Waals surface area contributed by atoms with Crippen LogP contribution in [0.3, 0.4) is 0 Å². The fraction of sp³-hybridized carbons (Fsp3) is 0.833. The average Bonchev–Trinajstić information content (AvgIpc) is 2.51. The number of carbonyl (C=O) groups excluding carboxylic acids is 2. The first-order valence-electron chi connectivity index (χ1n) is 6.03. The second kappa shape index (κ2) is 5.58. The Morgan fingerprint density at radius 1 is 1.42 bits per heavy atom. The highest BCUT2D eigenvalue weighted by atomic mass is 32.1. The third-order valence-corrected chi connectivity index (χ3v) is 2.69. The molecule has 1 rings (SSSR count). The molecular weight excluding hydrogens is 270 g/mol. The molecule has 1 unspecified atom stereocenters. The molecule has 1 aliphatic rings. The van der Waals surface area contributed by atoms with Crippen LogP contribution in [0.4, 0.5) is 4.79 Å². The van der Waals surface area contributed by atoms with Gasteiger partial charge in [0.2, 0.25) is 6.23 Å². The molecule has 0 saturated carbocycles. The molecule has 0 aliphatic carbocycles. The first kappa shape index (κ1) is 16.1. The first-order valence-corrected chi connectivity index (χ1v) is 6.67. The van der Waals surface area contributed by atoms with Gasteiger partial charge in [-0.25, -0.2) is 9.69 Å². The number of carbonyl (C=O) groups is 2. The minimum absolute atomic E-state index is 0.0565. The molecule has 0 radical (unpaired) electrons. The van der Waals surface area contributed by atoms with Crippen LogP contribution >= 0.6 is 12.6 Å². The molecule has 0 bridgehead atoms.